The summed E-state index contributed by atoms with van der Waals surface area (Å²) < 4.78 is 3.74. The standard InChI is InChI=1S/C17H18ClN5O3/c1-20(8-11-6-4-5-7-12(11)18)13(24)9-23-10-19-15-14(23)16(25)22(3)17(26)21(15)2/h4-7,10H,8-9H2,1-3H3. The summed E-state index contributed by atoms with van der Waals surface area (Å²) in [6.07, 6.45) is 1.40. The quantitative estimate of drug-likeness (QED) is 0.673. The Kier molecular flexibility index (Phi) is 4.69. The molecule has 0 bridgehead atoms. The van der Waals surface area contributed by atoms with Crippen LogP contribution in [0.4, 0.5) is 0 Å². The number of hydrogen-bond donors (Lipinski definition) is 0. The molecular weight excluding hydrogens is 358 g/mol. The normalized spacial score (nSPS) is 11.1. The number of nitrogens with zero attached hydrogens (tertiary/aromatic N) is 5. The largest absolute Gasteiger partial charge is 0.340 e. The average Bonchev–Trinajstić information content (AvgIpc) is 3.03. The second kappa shape index (κ2) is 6.80. The molecule has 0 aliphatic carbocycles. The molecule has 8 nitrogen and oxygen atoms in total. The van der Waals surface area contributed by atoms with Gasteiger partial charge < -0.3 is 9.47 Å². The molecule has 3 rings (SSSR count). The van der Waals surface area contributed by atoms with Crippen molar-refractivity contribution in [3.63, 3.8) is 0 Å². The van der Waals surface area contributed by atoms with E-state index in [1.54, 1.807) is 13.1 Å². The third-order valence-electron chi connectivity index (χ3n) is 4.31. The molecule has 0 unspecified atom stereocenters. The lowest BCUT2D eigenvalue weighted by Crippen LogP contribution is -2.38. The van der Waals surface area contributed by atoms with Crippen LogP contribution in [0.2, 0.25) is 5.02 Å². The van der Waals surface area contributed by atoms with Gasteiger partial charge >= 0.3 is 5.69 Å². The number of halogens is 1. The minimum absolute atomic E-state index is 0.0646. The van der Waals surface area contributed by atoms with E-state index >= 15 is 0 Å². The molecule has 0 saturated carbocycles. The number of fused-ring (bicyclic) bond motifs is 1. The third kappa shape index (κ3) is 3.03. The lowest BCUT2D eigenvalue weighted by Gasteiger charge is -2.18. The molecule has 0 aliphatic rings. The summed E-state index contributed by atoms with van der Waals surface area (Å²) in [6.45, 7) is 0.284. The highest BCUT2D eigenvalue weighted by molar-refractivity contribution is 6.31. The Labute approximate surface area is 153 Å². The van der Waals surface area contributed by atoms with E-state index in [2.05, 4.69) is 4.98 Å². The molecule has 0 radical (unpaired) electrons. The van der Waals surface area contributed by atoms with Crippen LogP contribution in [0.3, 0.4) is 0 Å². The molecule has 0 aliphatic heterocycles. The van der Waals surface area contributed by atoms with E-state index in [9.17, 15) is 14.4 Å². The van der Waals surface area contributed by atoms with Crippen molar-refractivity contribution >= 4 is 28.7 Å². The zero-order chi connectivity index (χ0) is 19.0. The molecule has 0 saturated heterocycles. The first-order chi connectivity index (χ1) is 12.3. The molecule has 1 amide bonds. The van der Waals surface area contributed by atoms with Crippen molar-refractivity contribution in [2.24, 2.45) is 14.1 Å². The predicted octanol–water partition coefficient (Wildman–Crippen LogP) is 0.746. The fourth-order valence-electron chi connectivity index (χ4n) is 2.75. The van der Waals surface area contributed by atoms with Gasteiger partial charge in [0.25, 0.3) is 5.56 Å². The number of amides is 1. The number of benzene rings is 1. The van der Waals surface area contributed by atoms with Gasteiger partial charge in [0, 0.05) is 32.7 Å². The van der Waals surface area contributed by atoms with Crippen LogP contribution in [-0.2, 0) is 32.0 Å². The number of rotatable bonds is 4. The van der Waals surface area contributed by atoms with Crippen molar-refractivity contribution in [3.8, 4) is 0 Å². The summed E-state index contributed by atoms with van der Waals surface area (Å²) in [4.78, 5) is 42.6. The van der Waals surface area contributed by atoms with Crippen molar-refractivity contribution in [1.82, 2.24) is 23.6 Å². The van der Waals surface area contributed by atoms with Gasteiger partial charge in [0.1, 0.15) is 6.54 Å². The van der Waals surface area contributed by atoms with Gasteiger partial charge in [-0.15, -0.1) is 0 Å². The molecule has 0 spiro atoms. The van der Waals surface area contributed by atoms with Crippen LogP contribution in [0.15, 0.2) is 40.2 Å². The molecule has 9 heteroatoms. The van der Waals surface area contributed by atoms with Crippen LogP contribution in [-0.4, -0.2) is 36.5 Å². The van der Waals surface area contributed by atoms with E-state index < -0.39 is 11.2 Å². The number of imidazole rings is 1. The molecule has 136 valence electrons. The van der Waals surface area contributed by atoms with Crippen molar-refractivity contribution in [2.75, 3.05) is 7.05 Å². The SMILES string of the molecule is CN(Cc1ccccc1Cl)C(=O)Cn1cnc2c1c(=O)n(C)c(=O)n2C. The van der Waals surface area contributed by atoms with Crippen molar-refractivity contribution in [2.45, 2.75) is 13.1 Å². The molecule has 1 aromatic carbocycles. The fraction of sp³-hybridized carbons (Fsp3) is 0.294. The maximum Gasteiger partial charge on any atom is 0.332 e. The monoisotopic (exact) mass is 375 g/mol. The van der Waals surface area contributed by atoms with E-state index in [1.807, 2.05) is 18.2 Å². The minimum Gasteiger partial charge on any atom is -0.340 e. The van der Waals surface area contributed by atoms with Gasteiger partial charge in [-0.1, -0.05) is 29.8 Å². The molecule has 26 heavy (non-hydrogen) atoms. The van der Waals surface area contributed by atoms with E-state index in [-0.39, 0.29) is 23.6 Å². The Bertz CT molecular complexity index is 1110. The number of hydrogen-bond acceptors (Lipinski definition) is 4. The first-order valence-electron chi connectivity index (χ1n) is 7.89. The first-order valence-corrected chi connectivity index (χ1v) is 8.27. The van der Waals surface area contributed by atoms with Gasteiger partial charge in [-0.25, -0.2) is 9.78 Å². The van der Waals surface area contributed by atoms with E-state index in [0.29, 0.717) is 11.6 Å². The summed E-state index contributed by atoms with van der Waals surface area (Å²) in [5.74, 6) is -0.208. The summed E-state index contributed by atoms with van der Waals surface area (Å²) in [5.41, 5.74) is 0.352. The van der Waals surface area contributed by atoms with Crippen LogP contribution < -0.4 is 11.2 Å². The Morgan fingerprint density at radius 3 is 2.58 bits per heavy atom. The highest BCUT2D eigenvalue weighted by Crippen LogP contribution is 2.16. The molecule has 2 heterocycles. The van der Waals surface area contributed by atoms with Gasteiger partial charge in [-0.2, -0.15) is 0 Å². The Morgan fingerprint density at radius 2 is 1.88 bits per heavy atom. The van der Waals surface area contributed by atoms with Gasteiger partial charge in [0.2, 0.25) is 5.91 Å². The maximum absolute atomic E-state index is 12.6. The lowest BCUT2D eigenvalue weighted by molar-refractivity contribution is -0.131. The molecule has 3 aromatic rings. The van der Waals surface area contributed by atoms with Gasteiger partial charge in [0.15, 0.2) is 11.2 Å². The lowest BCUT2D eigenvalue weighted by atomic mass is 10.2. The Morgan fingerprint density at radius 1 is 1.19 bits per heavy atom. The number of likely N-dealkylation sites (N-methyl/N-ethyl adjacent to an activating group) is 1. The van der Waals surface area contributed by atoms with Crippen LogP contribution >= 0.6 is 11.6 Å². The van der Waals surface area contributed by atoms with Gasteiger partial charge in [-0.3, -0.25) is 18.7 Å². The number of carbonyl (C=O) groups excluding carboxylic acids is 1. The predicted molar refractivity (Wildman–Crippen MR) is 98.1 cm³/mol. The fourth-order valence-corrected chi connectivity index (χ4v) is 2.95. The summed E-state index contributed by atoms with van der Waals surface area (Å²) in [6, 6.07) is 7.30. The average molecular weight is 376 g/mol. The first kappa shape index (κ1) is 17.9. The molecule has 0 fully saturated rings. The zero-order valence-corrected chi connectivity index (χ0v) is 15.4. The summed E-state index contributed by atoms with van der Waals surface area (Å²) in [5, 5.41) is 0.587. The van der Waals surface area contributed by atoms with Crippen LogP contribution in [0.1, 0.15) is 5.56 Å². The molecule has 2 aromatic heterocycles. The van der Waals surface area contributed by atoms with Crippen LogP contribution in [0.5, 0.6) is 0 Å². The number of carbonyl (C=O) groups is 1. The Balaban J connectivity index is 1.89. The molecule has 0 N–H and O–H groups in total. The highest BCUT2D eigenvalue weighted by Gasteiger charge is 2.18. The maximum atomic E-state index is 12.6. The Hall–Kier alpha value is -2.87. The van der Waals surface area contributed by atoms with E-state index in [4.69, 9.17) is 11.6 Å². The van der Waals surface area contributed by atoms with Crippen LogP contribution in [0, 0.1) is 0 Å². The van der Waals surface area contributed by atoms with Crippen molar-refractivity contribution in [1.29, 1.82) is 0 Å². The highest BCUT2D eigenvalue weighted by atomic mass is 35.5. The topological polar surface area (TPSA) is 82.1 Å². The molecular formula is C17H18ClN5O3. The second-order valence-electron chi connectivity index (χ2n) is 6.09. The zero-order valence-electron chi connectivity index (χ0n) is 14.6. The smallest absolute Gasteiger partial charge is 0.332 e. The molecule has 0 atom stereocenters. The van der Waals surface area contributed by atoms with Gasteiger partial charge in [0.05, 0.1) is 6.33 Å². The second-order valence-corrected chi connectivity index (χ2v) is 6.50. The van der Waals surface area contributed by atoms with Crippen LogP contribution in [0.25, 0.3) is 11.2 Å². The van der Waals surface area contributed by atoms with E-state index in [0.717, 1.165) is 10.1 Å². The summed E-state index contributed by atoms with van der Waals surface area (Å²) in [7, 11) is 4.60. The van der Waals surface area contributed by atoms with E-state index in [1.165, 1.54) is 34.5 Å². The van der Waals surface area contributed by atoms with Crippen molar-refractivity contribution < 1.29 is 4.79 Å². The number of aromatic nitrogens is 4. The summed E-state index contributed by atoms with van der Waals surface area (Å²) >= 11 is 6.13. The van der Waals surface area contributed by atoms with Crippen molar-refractivity contribution in [3.05, 3.63) is 62.0 Å². The van der Waals surface area contributed by atoms with Gasteiger partial charge in [-0.05, 0) is 11.6 Å². The minimum atomic E-state index is -0.484. The third-order valence-corrected chi connectivity index (χ3v) is 4.68. The number of aryl methyl sites for hydroxylation is 1.